The summed E-state index contributed by atoms with van der Waals surface area (Å²) in [5.41, 5.74) is 6.04. The van der Waals surface area contributed by atoms with Crippen molar-refractivity contribution >= 4 is 0 Å². The van der Waals surface area contributed by atoms with Gasteiger partial charge in [0.15, 0.2) is 0 Å². The van der Waals surface area contributed by atoms with Gasteiger partial charge in [-0.05, 0) is 47.9 Å². The van der Waals surface area contributed by atoms with E-state index in [1.807, 2.05) is 0 Å². The maximum absolute atomic E-state index is 2.36. The first-order valence-electron chi connectivity index (χ1n) is 14.0. The molecular formula is C32H50. The van der Waals surface area contributed by atoms with Gasteiger partial charge in [0.25, 0.3) is 0 Å². The van der Waals surface area contributed by atoms with E-state index in [2.05, 4.69) is 62.4 Å². The molecule has 0 aliphatic rings. The van der Waals surface area contributed by atoms with Gasteiger partial charge in [0.1, 0.15) is 0 Å². The lowest BCUT2D eigenvalue weighted by atomic mass is 9.90. The van der Waals surface area contributed by atoms with Gasteiger partial charge in [-0.25, -0.2) is 0 Å². The van der Waals surface area contributed by atoms with E-state index in [1.54, 1.807) is 11.1 Å². The Bertz CT molecular complexity index is 637. The van der Waals surface area contributed by atoms with Gasteiger partial charge in [-0.2, -0.15) is 0 Å². The molecule has 0 bridgehead atoms. The first kappa shape index (κ1) is 26.7. The van der Waals surface area contributed by atoms with Gasteiger partial charge in [-0.3, -0.25) is 0 Å². The van der Waals surface area contributed by atoms with E-state index in [0.29, 0.717) is 0 Å². The topological polar surface area (TPSA) is 0 Å². The van der Waals surface area contributed by atoms with E-state index in [1.165, 1.54) is 127 Å². The van der Waals surface area contributed by atoms with E-state index < -0.39 is 0 Å². The van der Waals surface area contributed by atoms with Gasteiger partial charge < -0.3 is 0 Å². The Hall–Kier alpha value is -1.56. The fourth-order valence-electron chi connectivity index (χ4n) is 4.90. The largest absolute Gasteiger partial charge is 0.0654 e. The van der Waals surface area contributed by atoms with E-state index in [9.17, 15) is 0 Å². The standard InChI is InChI=1S/C32H50/c1-3-5-7-9-11-13-15-17-23-29-25-19-21-27-31(29)32-28-22-20-26-30(32)24-18-16-14-12-10-8-6-4-2/h19-22,25-28H,3-18,23-24H2,1-2H3. The SMILES string of the molecule is CCCCCCCCCCc1ccccc1-c1ccccc1CCCCCCCCCC. The second-order valence-electron chi connectivity index (χ2n) is 9.76. The third kappa shape index (κ3) is 10.8. The molecule has 2 aromatic carbocycles. The van der Waals surface area contributed by atoms with E-state index in [0.717, 1.165) is 0 Å². The average Bonchev–Trinajstić information content (AvgIpc) is 2.83. The summed E-state index contributed by atoms with van der Waals surface area (Å²) >= 11 is 0. The molecule has 0 radical (unpaired) electrons. The molecule has 0 unspecified atom stereocenters. The maximum atomic E-state index is 2.36. The molecule has 0 atom stereocenters. The van der Waals surface area contributed by atoms with Gasteiger partial charge >= 0.3 is 0 Å². The molecule has 178 valence electrons. The summed E-state index contributed by atoms with van der Waals surface area (Å²) in [6, 6.07) is 18.3. The van der Waals surface area contributed by atoms with Crippen LogP contribution in [0.3, 0.4) is 0 Å². The van der Waals surface area contributed by atoms with Crippen molar-refractivity contribution in [3.63, 3.8) is 0 Å². The van der Waals surface area contributed by atoms with Crippen molar-refractivity contribution in [2.75, 3.05) is 0 Å². The summed E-state index contributed by atoms with van der Waals surface area (Å²) < 4.78 is 0. The summed E-state index contributed by atoms with van der Waals surface area (Å²) in [7, 11) is 0. The minimum Gasteiger partial charge on any atom is -0.0654 e. The molecule has 0 aliphatic carbocycles. The number of benzene rings is 2. The molecule has 0 aromatic heterocycles. The van der Waals surface area contributed by atoms with Crippen molar-refractivity contribution < 1.29 is 0 Å². The van der Waals surface area contributed by atoms with Crippen molar-refractivity contribution in [1.82, 2.24) is 0 Å². The highest BCUT2D eigenvalue weighted by molar-refractivity contribution is 5.70. The molecule has 0 aliphatic heterocycles. The minimum absolute atomic E-state index is 1.22. The number of unbranched alkanes of at least 4 members (excludes halogenated alkanes) is 14. The third-order valence-corrected chi connectivity index (χ3v) is 6.92. The summed E-state index contributed by atoms with van der Waals surface area (Å²) in [5.74, 6) is 0. The van der Waals surface area contributed by atoms with Crippen LogP contribution in [0.5, 0.6) is 0 Å². The van der Waals surface area contributed by atoms with Crippen molar-refractivity contribution in [3.05, 3.63) is 59.7 Å². The second kappa shape index (κ2) is 17.9. The zero-order valence-electron chi connectivity index (χ0n) is 21.3. The third-order valence-electron chi connectivity index (χ3n) is 6.92. The van der Waals surface area contributed by atoms with Crippen molar-refractivity contribution in [2.45, 2.75) is 129 Å². The molecule has 0 N–H and O–H groups in total. The quantitative estimate of drug-likeness (QED) is 0.193. The molecule has 0 heterocycles. The fraction of sp³-hybridized carbons (Fsp3) is 0.625. The van der Waals surface area contributed by atoms with Crippen LogP contribution in [0.1, 0.15) is 128 Å². The smallest absolute Gasteiger partial charge is 0.0149 e. The van der Waals surface area contributed by atoms with Crippen molar-refractivity contribution in [1.29, 1.82) is 0 Å². The monoisotopic (exact) mass is 434 g/mol. The Kier molecular flexibility index (Phi) is 15.0. The lowest BCUT2D eigenvalue weighted by Gasteiger charge is -2.14. The highest BCUT2D eigenvalue weighted by Gasteiger charge is 2.09. The van der Waals surface area contributed by atoms with Gasteiger partial charge in [0.05, 0.1) is 0 Å². The van der Waals surface area contributed by atoms with E-state index in [4.69, 9.17) is 0 Å². The first-order chi connectivity index (χ1) is 15.9. The Labute approximate surface area is 200 Å². The molecule has 2 rings (SSSR count). The lowest BCUT2D eigenvalue weighted by Crippen LogP contribution is -1.95. The molecular weight excluding hydrogens is 384 g/mol. The van der Waals surface area contributed by atoms with Crippen LogP contribution in [0.25, 0.3) is 11.1 Å². The maximum Gasteiger partial charge on any atom is -0.0149 e. The Morgan fingerprint density at radius 2 is 0.688 bits per heavy atom. The second-order valence-corrected chi connectivity index (χ2v) is 9.76. The van der Waals surface area contributed by atoms with Crippen LogP contribution in [0.15, 0.2) is 48.5 Å². The van der Waals surface area contributed by atoms with Crippen molar-refractivity contribution in [2.24, 2.45) is 0 Å². The Morgan fingerprint density at radius 1 is 0.375 bits per heavy atom. The van der Waals surface area contributed by atoms with Gasteiger partial charge in [-0.15, -0.1) is 0 Å². The summed E-state index contributed by atoms with van der Waals surface area (Å²) in [6.45, 7) is 4.59. The van der Waals surface area contributed by atoms with Crippen molar-refractivity contribution in [3.8, 4) is 11.1 Å². The zero-order chi connectivity index (χ0) is 22.7. The average molecular weight is 435 g/mol. The Morgan fingerprint density at radius 3 is 1.06 bits per heavy atom. The van der Waals surface area contributed by atoms with E-state index in [-0.39, 0.29) is 0 Å². The molecule has 2 aromatic rings. The van der Waals surface area contributed by atoms with Crippen LogP contribution >= 0.6 is 0 Å². The molecule has 0 fully saturated rings. The summed E-state index contributed by atoms with van der Waals surface area (Å²) in [4.78, 5) is 0. The van der Waals surface area contributed by atoms with Crippen LogP contribution in [0.2, 0.25) is 0 Å². The van der Waals surface area contributed by atoms with Crippen LogP contribution in [0, 0.1) is 0 Å². The van der Waals surface area contributed by atoms with Crippen LogP contribution in [-0.2, 0) is 12.8 Å². The highest BCUT2D eigenvalue weighted by Crippen LogP contribution is 2.29. The fourth-order valence-corrected chi connectivity index (χ4v) is 4.90. The van der Waals surface area contributed by atoms with E-state index >= 15 is 0 Å². The zero-order valence-corrected chi connectivity index (χ0v) is 21.3. The van der Waals surface area contributed by atoms with Crippen LogP contribution < -0.4 is 0 Å². The molecule has 0 spiro atoms. The molecule has 0 amide bonds. The molecule has 32 heavy (non-hydrogen) atoms. The summed E-state index contributed by atoms with van der Waals surface area (Å²) in [5, 5.41) is 0. The predicted octanol–water partition coefficient (Wildman–Crippen LogP) is 10.7. The van der Waals surface area contributed by atoms with Crippen LogP contribution in [-0.4, -0.2) is 0 Å². The minimum atomic E-state index is 1.22. The first-order valence-corrected chi connectivity index (χ1v) is 14.0. The van der Waals surface area contributed by atoms with Gasteiger partial charge in [0.2, 0.25) is 0 Å². The molecule has 0 heteroatoms. The molecule has 0 saturated heterocycles. The highest BCUT2D eigenvalue weighted by atomic mass is 14.1. The number of hydrogen-bond donors (Lipinski definition) is 0. The molecule has 0 saturated carbocycles. The van der Waals surface area contributed by atoms with Gasteiger partial charge in [-0.1, -0.05) is 152 Å². The normalized spacial score (nSPS) is 11.2. The lowest BCUT2D eigenvalue weighted by molar-refractivity contribution is 0.575. The predicted molar refractivity (Wildman–Crippen MR) is 145 cm³/mol. The van der Waals surface area contributed by atoms with Gasteiger partial charge in [0, 0.05) is 0 Å². The molecule has 0 nitrogen and oxygen atoms in total. The summed E-state index contributed by atoms with van der Waals surface area (Å²) in [6.07, 6.45) is 24.7. The van der Waals surface area contributed by atoms with Crippen LogP contribution in [0.4, 0.5) is 0 Å². The Balaban J connectivity index is 1.81. The number of aryl methyl sites for hydroxylation is 2. The number of hydrogen-bond acceptors (Lipinski definition) is 0. The number of rotatable bonds is 19.